The normalized spacial score (nSPS) is 15.4. The maximum absolute atomic E-state index is 11.4. The van der Waals surface area contributed by atoms with Gasteiger partial charge in [-0.1, -0.05) is 11.8 Å². The minimum atomic E-state index is -3.56. The van der Waals surface area contributed by atoms with Crippen LogP contribution in [-0.2, 0) is 41.3 Å². The molecule has 0 aromatic carbocycles. The minimum absolute atomic E-state index is 0.0871. The van der Waals surface area contributed by atoms with E-state index in [4.69, 9.17) is 14.2 Å². The van der Waals surface area contributed by atoms with Gasteiger partial charge in [-0.3, -0.25) is 4.79 Å². The number of hydrogen-bond donors (Lipinski definition) is 3. The third kappa shape index (κ3) is 10.4. The Kier molecular flexibility index (Phi) is 12.4. The molecule has 1 aromatic heterocycles. The number of nitrogens with zero attached hydrogens (tertiary/aromatic N) is 4. The molecule has 2 rings (SSSR count). The summed E-state index contributed by atoms with van der Waals surface area (Å²) in [6.45, 7) is 6.87. The first-order valence-electron chi connectivity index (χ1n) is 10.8. The van der Waals surface area contributed by atoms with Crippen LogP contribution in [0.5, 0.6) is 0 Å². The van der Waals surface area contributed by atoms with Crippen LogP contribution in [0.1, 0.15) is 5.69 Å². The third-order valence-electron chi connectivity index (χ3n) is 4.70. The van der Waals surface area contributed by atoms with E-state index < -0.39 is 27.4 Å². The molecule has 0 spiro atoms. The van der Waals surface area contributed by atoms with Crippen molar-refractivity contribution in [3.8, 4) is 0 Å². The van der Waals surface area contributed by atoms with Crippen molar-refractivity contribution in [2.24, 2.45) is 0 Å². The number of ether oxygens (including phenoxy) is 3. The number of amides is 1. The van der Waals surface area contributed by atoms with E-state index in [0.717, 1.165) is 16.9 Å². The number of sulfone groups is 1. The predicted octanol–water partition coefficient (Wildman–Crippen LogP) is -1.85. The molecular weight excluding hydrogens is 490 g/mol. The van der Waals surface area contributed by atoms with Gasteiger partial charge in [0.1, 0.15) is 5.75 Å². The van der Waals surface area contributed by atoms with Crippen LogP contribution in [0.4, 0.5) is 0 Å². The molecule has 1 saturated heterocycles. The lowest BCUT2D eigenvalue weighted by molar-refractivity contribution is -0.275. The number of carbonyl (C=O) groups is 1. The second-order valence-corrected chi connectivity index (χ2v) is 10.4. The van der Waals surface area contributed by atoms with Crippen molar-refractivity contribution < 1.29 is 37.6 Å². The zero-order valence-electron chi connectivity index (χ0n) is 19.0. The van der Waals surface area contributed by atoms with Crippen molar-refractivity contribution in [1.29, 1.82) is 0 Å². The lowest BCUT2D eigenvalue weighted by Crippen LogP contribution is -2.50. The molecule has 0 bridgehead atoms. The fourth-order valence-electron chi connectivity index (χ4n) is 2.85. The second-order valence-electron chi connectivity index (χ2n) is 7.26. The molecule has 0 atom stereocenters. The summed E-state index contributed by atoms with van der Waals surface area (Å²) in [6.07, 6.45) is 1.50. The van der Waals surface area contributed by atoms with E-state index in [1.54, 1.807) is 16.7 Å². The Bertz CT molecular complexity index is 859. The second kappa shape index (κ2) is 14.7. The van der Waals surface area contributed by atoms with Crippen LogP contribution in [0.25, 0.3) is 0 Å². The highest BCUT2D eigenvalue weighted by Gasteiger charge is 2.37. The van der Waals surface area contributed by atoms with Gasteiger partial charge in [0.25, 0.3) is 5.91 Å². The van der Waals surface area contributed by atoms with Crippen molar-refractivity contribution in [1.82, 2.24) is 25.2 Å². The number of thioether (sulfide) groups is 1. The number of carbonyl (C=O) groups excluding carboxylic acids is 1. The van der Waals surface area contributed by atoms with E-state index in [0.29, 0.717) is 52.7 Å². The number of hydrogen-bond acceptors (Lipinski definition) is 12. The Morgan fingerprint density at radius 3 is 2.41 bits per heavy atom. The minimum Gasteiger partial charge on any atom is -0.377 e. The summed E-state index contributed by atoms with van der Waals surface area (Å²) in [5.74, 6) is -1.69. The Morgan fingerprint density at radius 2 is 1.76 bits per heavy atom. The number of aliphatic hydroxyl groups is 2. The van der Waals surface area contributed by atoms with Gasteiger partial charge in [-0.05, 0) is 0 Å². The average molecular weight is 524 g/mol. The van der Waals surface area contributed by atoms with Crippen molar-refractivity contribution in [3.63, 3.8) is 0 Å². The summed E-state index contributed by atoms with van der Waals surface area (Å²) in [5, 5.41) is 31.8. The molecule has 1 aromatic rings. The van der Waals surface area contributed by atoms with Gasteiger partial charge in [-0.15, -0.1) is 5.10 Å². The standard InChI is InChI=1S/C19H33N5O8S2/c1-2-34(28,29)16-18(25)20-3-7-30-9-11-32-12-10-31-8-4-24-15-17(21-22-24)19(26,27)23-5-13-33-14-6-23/h2,15,26-27H,1,3-14,16H2,(H,20,25). The van der Waals surface area contributed by atoms with E-state index in [1.807, 2.05) is 0 Å². The summed E-state index contributed by atoms with van der Waals surface area (Å²) >= 11 is 1.77. The molecule has 0 radical (unpaired) electrons. The molecule has 0 aliphatic carbocycles. The first-order valence-corrected chi connectivity index (χ1v) is 13.6. The molecule has 1 aliphatic heterocycles. The van der Waals surface area contributed by atoms with E-state index in [1.165, 1.54) is 10.9 Å². The molecule has 1 aliphatic rings. The molecule has 194 valence electrons. The number of nitrogens with one attached hydrogen (secondary N) is 1. The van der Waals surface area contributed by atoms with Crippen molar-refractivity contribution in [2.75, 3.05) is 76.5 Å². The number of rotatable bonds is 17. The van der Waals surface area contributed by atoms with Crippen molar-refractivity contribution in [2.45, 2.75) is 12.5 Å². The topological polar surface area (TPSA) is 165 Å². The SMILES string of the molecule is C=CS(=O)(=O)CC(=O)NCCOCCOCCOCCn1cc(C(O)(O)N2CCSCC2)nn1. The van der Waals surface area contributed by atoms with Gasteiger partial charge in [0.2, 0.25) is 5.91 Å². The van der Waals surface area contributed by atoms with Gasteiger partial charge in [0.15, 0.2) is 15.5 Å². The van der Waals surface area contributed by atoms with Gasteiger partial charge >= 0.3 is 0 Å². The Balaban J connectivity index is 1.45. The highest BCUT2D eigenvalue weighted by atomic mass is 32.2. The summed E-state index contributed by atoms with van der Waals surface area (Å²) in [4.78, 5) is 13.0. The summed E-state index contributed by atoms with van der Waals surface area (Å²) < 4.78 is 40.0. The highest BCUT2D eigenvalue weighted by molar-refractivity contribution is 7.99. The Labute approximate surface area is 203 Å². The van der Waals surface area contributed by atoms with E-state index in [-0.39, 0.29) is 18.8 Å². The van der Waals surface area contributed by atoms with E-state index in [9.17, 15) is 23.4 Å². The quantitative estimate of drug-likeness (QED) is 0.154. The molecule has 15 heteroatoms. The summed E-state index contributed by atoms with van der Waals surface area (Å²) in [6, 6.07) is 0. The first-order chi connectivity index (χ1) is 16.2. The van der Waals surface area contributed by atoms with Gasteiger partial charge in [0.05, 0.1) is 52.4 Å². The van der Waals surface area contributed by atoms with Crippen LogP contribution < -0.4 is 5.32 Å². The predicted molar refractivity (Wildman–Crippen MR) is 124 cm³/mol. The average Bonchev–Trinajstić information content (AvgIpc) is 3.30. The lowest BCUT2D eigenvalue weighted by atomic mass is 10.3. The summed E-state index contributed by atoms with van der Waals surface area (Å²) in [5.41, 5.74) is 0.0871. The zero-order valence-corrected chi connectivity index (χ0v) is 20.6. The fourth-order valence-corrected chi connectivity index (χ4v) is 4.34. The summed E-state index contributed by atoms with van der Waals surface area (Å²) in [7, 11) is -3.56. The van der Waals surface area contributed by atoms with Crippen LogP contribution in [0.3, 0.4) is 0 Å². The molecule has 0 unspecified atom stereocenters. The largest absolute Gasteiger partial charge is 0.377 e. The molecule has 13 nitrogen and oxygen atoms in total. The fraction of sp³-hybridized carbons (Fsp3) is 0.737. The van der Waals surface area contributed by atoms with Crippen LogP contribution in [0.15, 0.2) is 18.2 Å². The highest BCUT2D eigenvalue weighted by Crippen LogP contribution is 2.24. The van der Waals surface area contributed by atoms with Gasteiger partial charge in [0, 0.05) is 36.5 Å². The first kappa shape index (κ1) is 28.6. The van der Waals surface area contributed by atoms with Crippen molar-refractivity contribution >= 4 is 27.5 Å². The molecule has 34 heavy (non-hydrogen) atoms. The van der Waals surface area contributed by atoms with Gasteiger partial charge in [-0.25, -0.2) is 18.0 Å². The Hall–Kier alpha value is -1.59. The Morgan fingerprint density at radius 1 is 1.15 bits per heavy atom. The molecule has 1 amide bonds. The van der Waals surface area contributed by atoms with Crippen LogP contribution >= 0.6 is 11.8 Å². The zero-order chi connectivity index (χ0) is 24.9. The van der Waals surface area contributed by atoms with Gasteiger partial charge in [-0.2, -0.15) is 11.8 Å². The van der Waals surface area contributed by atoms with Crippen molar-refractivity contribution in [3.05, 3.63) is 23.9 Å². The smallest absolute Gasteiger partial charge is 0.274 e. The van der Waals surface area contributed by atoms with Gasteiger partial charge < -0.3 is 29.7 Å². The molecule has 2 heterocycles. The third-order valence-corrected chi connectivity index (χ3v) is 6.81. The maximum atomic E-state index is 11.4. The van der Waals surface area contributed by atoms with Crippen LogP contribution in [0, 0.1) is 0 Å². The molecular formula is C19H33N5O8S2. The maximum Gasteiger partial charge on any atom is 0.274 e. The molecule has 1 fully saturated rings. The lowest BCUT2D eigenvalue weighted by Gasteiger charge is -2.35. The molecule has 0 saturated carbocycles. The van der Waals surface area contributed by atoms with Crippen LogP contribution in [0.2, 0.25) is 0 Å². The van der Waals surface area contributed by atoms with E-state index in [2.05, 4.69) is 22.2 Å². The van der Waals surface area contributed by atoms with Crippen LogP contribution in [-0.4, -0.2) is 121 Å². The van der Waals surface area contributed by atoms with E-state index >= 15 is 0 Å². The number of aromatic nitrogens is 3. The monoisotopic (exact) mass is 523 g/mol. The molecule has 3 N–H and O–H groups in total.